The van der Waals surface area contributed by atoms with Crippen molar-refractivity contribution < 1.29 is 19.1 Å². The summed E-state index contributed by atoms with van der Waals surface area (Å²) in [7, 11) is 1.33. The number of carbonyl (C=O) groups is 2. The highest BCUT2D eigenvalue weighted by atomic mass is 16.6. The number of morpholine rings is 1. The summed E-state index contributed by atoms with van der Waals surface area (Å²) in [6, 6.07) is 0. The molecule has 0 N–H and O–H groups in total. The van der Waals surface area contributed by atoms with Gasteiger partial charge in [0.05, 0.1) is 20.3 Å². The molecule has 1 heterocycles. The molecule has 5 nitrogen and oxygen atoms in total. The lowest BCUT2D eigenvalue weighted by Gasteiger charge is -2.33. The molecule has 1 aliphatic carbocycles. The van der Waals surface area contributed by atoms with Gasteiger partial charge in [0, 0.05) is 12.5 Å². The minimum Gasteiger partial charge on any atom is -0.467 e. The van der Waals surface area contributed by atoms with Crippen LogP contribution in [0.1, 0.15) is 12.8 Å². The van der Waals surface area contributed by atoms with Crippen molar-refractivity contribution in [2.75, 3.05) is 26.8 Å². The Bertz CT molecular complexity index is 331. The lowest BCUT2D eigenvalue weighted by molar-refractivity contribution is -0.163. The van der Waals surface area contributed by atoms with Crippen molar-refractivity contribution in [3.05, 3.63) is 12.2 Å². The molecule has 1 amide bonds. The summed E-state index contributed by atoms with van der Waals surface area (Å²) in [6.07, 6.45) is 5.03. The Morgan fingerprint density at radius 1 is 1.35 bits per heavy atom. The van der Waals surface area contributed by atoms with Crippen molar-refractivity contribution >= 4 is 11.9 Å². The number of ether oxygens (including phenoxy) is 2. The Labute approximate surface area is 100 Å². The van der Waals surface area contributed by atoms with Crippen LogP contribution >= 0.6 is 0 Å². The number of methoxy groups -OCH3 is 1. The second-order valence-corrected chi connectivity index (χ2v) is 4.31. The third-order valence-corrected chi connectivity index (χ3v) is 3.20. The molecule has 5 heteroatoms. The molecule has 2 aliphatic rings. The lowest BCUT2D eigenvalue weighted by atomic mass is 10.1. The standard InChI is InChI=1S/C12H17NO4/c1-16-12(15)10-8-13(6-7-17-10)11(14)9-4-2-3-5-9/h2-3,9-10H,4-8H2,1H3. The van der Waals surface area contributed by atoms with Crippen LogP contribution in [0, 0.1) is 5.92 Å². The van der Waals surface area contributed by atoms with E-state index in [0.717, 1.165) is 12.8 Å². The van der Waals surface area contributed by atoms with Crippen molar-refractivity contribution in [2.45, 2.75) is 18.9 Å². The van der Waals surface area contributed by atoms with Crippen LogP contribution in [0.15, 0.2) is 12.2 Å². The topological polar surface area (TPSA) is 55.8 Å². The first-order valence-electron chi connectivity index (χ1n) is 5.85. The molecule has 0 aromatic carbocycles. The van der Waals surface area contributed by atoms with Gasteiger partial charge in [-0.15, -0.1) is 0 Å². The molecule has 0 aromatic heterocycles. The maximum atomic E-state index is 12.1. The van der Waals surface area contributed by atoms with E-state index in [2.05, 4.69) is 4.74 Å². The van der Waals surface area contributed by atoms with E-state index in [-0.39, 0.29) is 11.8 Å². The van der Waals surface area contributed by atoms with Gasteiger partial charge in [0.1, 0.15) is 0 Å². The van der Waals surface area contributed by atoms with E-state index in [1.165, 1.54) is 7.11 Å². The van der Waals surface area contributed by atoms with E-state index in [4.69, 9.17) is 4.74 Å². The number of allylic oxidation sites excluding steroid dienone is 2. The highest BCUT2D eigenvalue weighted by Crippen LogP contribution is 2.21. The molecule has 2 rings (SSSR count). The van der Waals surface area contributed by atoms with Crippen molar-refractivity contribution in [3.8, 4) is 0 Å². The number of hydrogen-bond acceptors (Lipinski definition) is 4. The average molecular weight is 239 g/mol. The summed E-state index contributed by atoms with van der Waals surface area (Å²) >= 11 is 0. The van der Waals surface area contributed by atoms with Crippen LogP contribution in [0.2, 0.25) is 0 Å². The van der Waals surface area contributed by atoms with E-state index >= 15 is 0 Å². The van der Waals surface area contributed by atoms with Crippen LogP contribution in [0.25, 0.3) is 0 Å². The van der Waals surface area contributed by atoms with Crippen LogP contribution in [-0.2, 0) is 19.1 Å². The zero-order valence-corrected chi connectivity index (χ0v) is 9.93. The van der Waals surface area contributed by atoms with Gasteiger partial charge in [-0.1, -0.05) is 12.2 Å². The highest BCUT2D eigenvalue weighted by Gasteiger charge is 2.32. The molecule has 17 heavy (non-hydrogen) atoms. The van der Waals surface area contributed by atoms with Crippen LogP contribution in [0.3, 0.4) is 0 Å². The van der Waals surface area contributed by atoms with Crippen LogP contribution in [0.4, 0.5) is 0 Å². The Morgan fingerprint density at radius 3 is 2.71 bits per heavy atom. The molecular formula is C12H17NO4. The fraction of sp³-hybridized carbons (Fsp3) is 0.667. The predicted molar refractivity (Wildman–Crippen MR) is 60.2 cm³/mol. The highest BCUT2D eigenvalue weighted by molar-refractivity contribution is 5.81. The normalized spacial score (nSPS) is 25.0. The molecule has 1 fully saturated rings. The number of esters is 1. The third kappa shape index (κ3) is 2.66. The quantitative estimate of drug-likeness (QED) is 0.515. The molecule has 0 saturated carbocycles. The van der Waals surface area contributed by atoms with Crippen LogP contribution < -0.4 is 0 Å². The molecule has 1 unspecified atom stereocenters. The minimum absolute atomic E-state index is 0.0476. The Morgan fingerprint density at radius 2 is 2.06 bits per heavy atom. The van der Waals surface area contributed by atoms with E-state index in [9.17, 15) is 9.59 Å². The number of amides is 1. The fourth-order valence-electron chi connectivity index (χ4n) is 2.20. The van der Waals surface area contributed by atoms with Gasteiger partial charge in [-0.25, -0.2) is 4.79 Å². The first kappa shape index (κ1) is 12.1. The van der Waals surface area contributed by atoms with Crippen LogP contribution in [0.5, 0.6) is 0 Å². The molecule has 1 aliphatic heterocycles. The van der Waals surface area contributed by atoms with Gasteiger partial charge >= 0.3 is 5.97 Å². The Balaban J connectivity index is 1.92. The third-order valence-electron chi connectivity index (χ3n) is 3.20. The summed E-state index contributed by atoms with van der Waals surface area (Å²) in [5, 5.41) is 0. The van der Waals surface area contributed by atoms with Crippen LogP contribution in [-0.4, -0.2) is 49.7 Å². The lowest BCUT2D eigenvalue weighted by Crippen LogP contribution is -2.50. The van der Waals surface area contributed by atoms with Gasteiger partial charge in [-0.2, -0.15) is 0 Å². The number of hydrogen-bond donors (Lipinski definition) is 0. The summed E-state index contributed by atoms with van der Waals surface area (Å²) in [5.74, 6) is -0.245. The smallest absolute Gasteiger partial charge is 0.336 e. The second kappa shape index (κ2) is 5.31. The predicted octanol–water partition coefficient (Wildman–Crippen LogP) is 0.353. The van der Waals surface area contributed by atoms with Gasteiger partial charge in [0.25, 0.3) is 0 Å². The maximum Gasteiger partial charge on any atom is 0.336 e. The SMILES string of the molecule is COC(=O)C1CN(C(=O)C2CC=CC2)CCO1. The van der Waals surface area contributed by atoms with E-state index < -0.39 is 12.1 Å². The largest absolute Gasteiger partial charge is 0.467 e. The summed E-state index contributed by atoms with van der Waals surface area (Å²) < 4.78 is 9.92. The summed E-state index contributed by atoms with van der Waals surface area (Å²) in [6.45, 7) is 1.26. The monoisotopic (exact) mass is 239 g/mol. The van der Waals surface area contributed by atoms with E-state index in [1.807, 2.05) is 12.2 Å². The number of nitrogens with zero attached hydrogens (tertiary/aromatic N) is 1. The van der Waals surface area contributed by atoms with Crippen molar-refractivity contribution in [1.82, 2.24) is 4.90 Å². The fourth-order valence-corrected chi connectivity index (χ4v) is 2.20. The summed E-state index contributed by atoms with van der Waals surface area (Å²) in [4.78, 5) is 25.2. The zero-order chi connectivity index (χ0) is 12.3. The molecule has 94 valence electrons. The molecule has 0 aromatic rings. The van der Waals surface area contributed by atoms with E-state index in [0.29, 0.717) is 19.7 Å². The second-order valence-electron chi connectivity index (χ2n) is 4.31. The zero-order valence-electron chi connectivity index (χ0n) is 9.93. The molecule has 0 bridgehead atoms. The molecule has 0 radical (unpaired) electrons. The number of rotatable bonds is 2. The first-order valence-corrected chi connectivity index (χ1v) is 5.85. The molecule has 1 atom stereocenters. The summed E-state index contributed by atoms with van der Waals surface area (Å²) in [5.41, 5.74) is 0. The van der Waals surface area contributed by atoms with Gasteiger partial charge in [0.15, 0.2) is 6.10 Å². The van der Waals surface area contributed by atoms with Gasteiger partial charge in [-0.05, 0) is 12.8 Å². The maximum absolute atomic E-state index is 12.1. The van der Waals surface area contributed by atoms with E-state index in [1.54, 1.807) is 4.90 Å². The molecule has 0 spiro atoms. The average Bonchev–Trinajstić information content (AvgIpc) is 2.91. The molecular weight excluding hydrogens is 222 g/mol. The minimum atomic E-state index is -0.632. The van der Waals surface area contributed by atoms with Crippen molar-refractivity contribution in [3.63, 3.8) is 0 Å². The first-order chi connectivity index (χ1) is 8.22. The van der Waals surface area contributed by atoms with Crippen molar-refractivity contribution in [2.24, 2.45) is 5.92 Å². The Kier molecular flexibility index (Phi) is 3.78. The molecule has 1 saturated heterocycles. The van der Waals surface area contributed by atoms with Gasteiger partial charge < -0.3 is 14.4 Å². The Hall–Kier alpha value is -1.36. The van der Waals surface area contributed by atoms with Crippen molar-refractivity contribution in [1.29, 1.82) is 0 Å². The van der Waals surface area contributed by atoms with Gasteiger partial charge in [-0.3, -0.25) is 4.79 Å². The number of carbonyl (C=O) groups excluding carboxylic acids is 2. The van der Waals surface area contributed by atoms with Gasteiger partial charge in [0.2, 0.25) is 5.91 Å².